The molecular weight excluding hydrogens is 386 g/mol. The van der Waals surface area contributed by atoms with Gasteiger partial charge in [-0.3, -0.25) is 4.79 Å². The molecule has 1 aliphatic rings. The Labute approximate surface area is 175 Å². The molecule has 0 saturated carbocycles. The van der Waals surface area contributed by atoms with E-state index >= 15 is 0 Å². The maximum Gasteiger partial charge on any atom is 0.258 e. The lowest BCUT2D eigenvalue weighted by atomic mass is 9.97. The summed E-state index contributed by atoms with van der Waals surface area (Å²) >= 11 is 0. The number of rotatable bonds is 6. The smallest absolute Gasteiger partial charge is 0.258 e. The number of carbonyl (C=O) groups is 1. The number of halogens is 2. The summed E-state index contributed by atoms with van der Waals surface area (Å²) in [6.45, 7) is 5.32. The summed E-state index contributed by atoms with van der Waals surface area (Å²) in [5, 5.41) is 5.77. The van der Waals surface area contributed by atoms with E-state index in [2.05, 4.69) is 10.6 Å². The Morgan fingerprint density at radius 3 is 2.60 bits per heavy atom. The number of nitrogens with one attached hydrogen (secondary N) is 2. The standard InChI is InChI=1S/C24H26F2N2O2/c1-4-15(5-2)18-7-6-17(14-21(18)30-3)28-24(29)20-9-8-19(22(25)23(20)26)16-10-12-27-13-11-16/h4,6-10,14,27H,5,11-13H2,1-3H3,(H,28,29)/b15-4+. The topological polar surface area (TPSA) is 50.4 Å². The summed E-state index contributed by atoms with van der Waals surface area (Å²) in [6.07, 6.45) is 5.29. The van der Waals surface area contributed by atoms with E-state index in [9.17, 15) is 13.6 Å². The quantitative estimate of drug-likeness (QED) is 0.667. The van der Waals surface area contributed by atoms with Crippen LogP contribution in [0.25, 0.3) is 11.1 Å². The number of amides is 1. The number of carbonyl (C=O) groups excluding carboxylic acids is 1. The molecule has 30 heavy (non-hydrogen) atoms. The molecule has 0 aliphatic carbocycles. The summed E-state index contributed by atoms with van der Waals surface area (Å²) in [7, 11) is 1.55. The lowest BCUT2D eigenvalue weighted by Gasteiger charge is -2.16. The molecule has 0 fully saturated rings. The summed E-state index contributed by atoms with van der Waals surface area (Å²) in [5.41, 5.74) is 3.09. The van der Waals surface area contributed by atoms with Crippen molar-refractivity contribution in [3.05, 3.63) is 70.8 Å². The van der Waals surface area contributed by atoms with Crippen LogP contribution in [0.3, 0.4) is 0 Å². The van der Waals surface area contributed by atoms with Crippen molar-refractivity contribution in [1.82, 2.24) is 5.32 Å². The number of hydrogen-bond donors (Lipinski definition) is 2. The van der Waals surface area contributed by atoms with E-state index in [4.69, 9.17) is 4.74 Å². The van der Waals surface area contributed by atoms with Crippen LogP contribution in [0.15, 0.2) is 42.5 Å². The van der Waals surface area contributed by atoms with Crippen LogP contribution in [0.1, 0.15) is 48.2 Å². The Hall–Kier alpha value is -2.99. The first-order valence-corrected chi connectivity index (χ1v) is 10.0. The molecule has 1 aliphatic heterocycles. The molecule has 0 aromatic heterocycles. The minimum atomic E-state index is -1.14. The minimum absolute atomic E-state index is 0.204. The van der Waals surface area contributed by atoms with E-state index < -0.39 is 17.5 Å². The van der Waals surface area contributed by atoms with E-state index in [1.54, 1.807) is 19.2 Å². The van der Waals surface area contributed by atoms with E-state index in [1.807, 2.05) is 32.1 Å². The van der Waals surface area contributed by atoms with Gasteiger partial charge in [0, 0.05) is 29.4 Å². The first kappa shape index (κ1) is 21.7. The van der Waals surface area contributed by atoms with Gasteiger partial charge in [0.1, 0.15) is 5.75 Å². The van der Waals surface area contributed by atoms with Crippen LogP contribution in [-0.4, -0.2) is 26.1 Å². The Morgan fingerprint density at radius 1 is 1.20 bits per heavy atom. The molecule has 1 heterocycles. The van der Waals surface area contributed by atoms with Gasteiger partial charge in [0.15, 0.2) is 11.6 Å². The largest absolute Gasteiger partial charge is 0.496 e. The van der Waals surface area contributed by atoms with Gasteiger partial charge >= 0.3 is 0 Å². The molecule has 4 nitrogen and oxygen atoms in total. The third-order valence-corrected chi connectivity index (χ3v) is 5.27. The molecule has 0 radical (unpaired) electrons. The van der Waals surface area contributed by atoms with E-state index in [-0.39, 0.29) is 11.1 Å². The van der Waals surface area contributed by atoms with E-state index in [0.717, 1.165) is 23.1 Å². The van der Waals surface area contributed by atoms with Gasteiger partial charge in [0.05, 0.1) is 12.7 Å². The van der Waals surface area contributed by atoms with Crippen molar-refractivity contribution < 1.29 is 18.3 Å². The lowest BCUT2D eigenvalue weighted by molar-refractivity contribution is 0.102. The summed E-state index contributed by atoms with van der Waals surface area (Å²) in [5.74, 6) is -2.25. The van der Waals surface area contributed by atoms with Crippen LogP contribution in [0.2, 0.25) is 0 Å². The molecule has 3 rings (SSSR count). The highest BCUT2D eigenvalue weighted by Gasteiger charge is 2.21. The van der Waals surface area contributed by atoms with Crippen LogP contribution in [0.4, 0.5) is 14.5 Å². The van der Waals surface area contributed by atoms with Gasteiger partial charge in [-0.25, -0.2) is 8.78 Å². The van der Waals surface area contributed by atoms with Crippen LogP contribution in [0.5, 0.6) is 5.75 Å². The molecule has 2 aromatic rings. The predicted molar refractivity (Wildman–Crippen MR) is 117 cm³/mol. The summed E-state index contributed by atoms with van der Waals surface area (Å²) in [4.78, 5) is 12.6. The summed E-state index contributed by atoms with van der Waals surface area (Å²) in [6, 6.07) is 8.03. The highest BCUT2D eigenvalue weighted by molar-refractivity contribution is 6.05. The highest BCUT2D eigenvalue weighted by atomic mass is 19.2. The van der Waals surface area contributed by atoms with Gasteiger partial charge in [0.25, 0.3) is 5.91 Å². The van der Waals surface area contributed by atoms with Gasteiger partial charge in [-0.2, -0.15) is 0 Å². The minimum Gasteiger partial charge on any atom is -0.496 e. The Balaban J connectivity index is 1.86. The van der Waals surface area contributed by atoms with Gasteiger partial charge in [0.2, 0.25) is 0 Å². The van der Waals surface area contributed by atoms with Gasteiger partial charge in [-0.05, 0) is 55.7 Å². The number of anilines is 1. The third-order valence-electron chi connectivity index (χ3n) is 5.27. The van der Waals surface area contributed by atoms with Crippen molar-refractivity contribution in [3.8, 4) is 5.75 Å². The molecule has 158 valence electrons. The first-order chi connectivity index (χ1) is 14.5. The van der Waals surface area contributed by atoms with Crippen molar-refractivity contribution >= 4 is 22.7 Å². The normalized spacial score (nSPS) is 14.3. The summed E-state index contributed by atoms with van der Waals surface area (Å²) < 4.78 is 34.8. The molecule has 0 atom stereocenters. The van der Waals surface area contributed by atoms with Crippen molar-refractivity contribution in [2.24, 2.45) is 0 Å². The molecule has 6 heteroatoms. The van der Waals surface area contributed by atoms with Crippen molar-refractivity contribution in [2.45, 2.75) is 26.7 Å². The molecular formula is C24H26F2N2O2. The zero-order chi connectivity index (χ0) is 21.7. The second kappa shape index (κ2) is 9.67. The predicted octanol–water partition coefficient (Wildman–Crippen LogP) is 5.42. The number of ether oxygens (including phenoxy) is 1. The maximum absolute atomic E-state index is 14.7. The molecule has 0 bridgehead atoms. The second-order valence-corrected chi connectivity index (χ2v) is 7.01. The molecule has 1 amide bonds. The van der Waals surface area contributed by atoms with E-state index in [1.165, 1.54) is 12.1 Å². The van der Waals surface area contributed by atoms with Gasteiger partial charge in [-0.15, -0.1) is 0 Å². The molecule has 0 unspecified atom stereocenters. The fraction of sp³-hybridized carbons (Fsp3) is 0.292. The van der Waals surface area contributed by atoms with E-state index in [0.29, 0.717) is 30.9 Å². The second-order valence-electron chi connectivity index (χ2n) is 7.01. The number of benzene rings is 2. The number of allylic oxidation sites excluding steroid dienone is 2. The molecule has 2 aromatic carbocycles. The zero-order valence-electron chi connectivity index (χ0n) is 17.4. The third kappa shape index (κ3) is 4.44. The maximum atomic E-state index is 14.7. The Kier molecular flexibility index (Phi) is 7.00. The fourth-order valence-electron chi connectivity index (χ4n) is 3.62. The van der Waals surface area contributed by atoms with Crippen LogP contribution >= 0.6 is 0 Å². The SMILES string of the molecule is C/C=C(\CC)c1ccc(NC(=O)c2ccc(C3=CCNCC3)c(F)c2F)cc1OC. The number of hydrogen-bond acceptors (Lipinski definition) is 3. The Bertz CT molecular complexity index is 1010. The van der Waals surface area contributed by atoms with Crippen LogP contribution < -0.4 is 15.4 Å². The average molecular weight is 412 g/mol. The lowest BCUT2D eigenvalue weighted by Crippen LogP contribution is -2.21. The molecule has 0 spiro atoms. The van der Waals surface area contributed by atoms with Crippen LogP contribution in [0, 0.1) is 11.6 Å². The first-order valence-electron chi connectivity index (χ1n) is 10.0. The number of methoxy groups -OCH3 is 1. The average Bonchev–Trinajstić information content (AvgIpc) is 2.77. The highest BCUT2D eigenvalue weighted by Crippen LogP contribution is 2.31. The Morgan fingerprint density at radius 2 is 1.97 bits per heavy atom. The fourth-order valence-corrected chi connectivity index (χ4v) is 3.62. The van der Waals surface area contributed by atoms with Crippen molar-refractivity contribution in [1.29, 1.82) is 0 Å². The molecule has 0 saturated heterocycles. The zero-order valence-corrected chi connectivity index (χ0v) is 17.4. The molecule has 2 N–H and O–H groups in total. The van der Waals surface area contributed by atoms with Crippen molar-refractivity contribution in [2.75, 3.05) is 25.5 Å². The van der Waals surface area contributed by atoms with Gasteiger partial charge < -0.3 is 15.4 Å². The van der Waals surface area contributed by atoms with Crippen LogP contribution in [-0.2, 0) is 0 Å². The van der Waals surface area contributed by atoms with Crippen molar-refractivity contribution in [3.63, 3.8) is 0 Å². The monoisotopic (exact) mass is 412 g/mol. The van der Waals surface area contributed by atoms with Gasteiger partial charge in [-0.1, -0.05) is 25.1 Å².